The van der Waals surface area contributed by atoms with Crippen LogP contribution in [0.3, 0.4) is 0 Å². The molecule has 0 rings (SSSR count). The lowest BCUT2D eigenvalue weighted by molar-refractivity contribution is -0.515. The average Bonchev–Trinajstić information content (AvgIpc) is 2.88. The maximum Gasteiger partial charge on any atom is 0.341 e. The van der Waals surface area contributed by atoms with E-state index in [2.05, 4.69) is 6.92 Å². The van der Waals surface area contributed by atoms with Crippen molar-refractivity contribution in [1.29, 1.82) is 0 Å². The molecular weight excluding hydrogens is 560 g/mol. The van der Waals surface area contributed by atoms with Crippen LogP contribution >= 0.6 is 0 Å². The number of hydrogen-bond donors (Lipinski definition) is 3. The molecule has 0 aliphatic rings. The van der Waals surface area contributed by atoms with Gasteiger partial charge in [-0.1, -0.05) is 71.1 Å². The molecular formula is C28H54O12S. The summed E-state index contributed by atoms with van der Waals surface area (Å²) in [4.78, 5) is 26.0. The summed E-state index contributed by atoms with van der Waals surface area (Å²) in [6, 6.07) is 0. The van der Waals surface area contributed by atoms with Crippen molar-refractivity contribution in [2.45, 2.75) is 129 Å². The molecule has 0 amide bonds. The minimum Gasteiger partial charge on any atom is -0.481 e. The molecule has 0 aromatic heterocycles. The third-order valence-electron chi connectivity index (χ3n) is 6.96. The van der Waals surface area contributed by atoms with Gasteiger partial charge in [0.25, 0.3) is 15.9 Å². The van der Waals surface area contributed by atoms with Gasteiger partial charge in [0.05, 0.1) is 0 Å². The zero-order valence-corrected chi connectivity index (χ0v) is 26.6. The Morgan fingerprint density at radius 1 is 0.634 bits per heavy atom. The molecule has 0 aliphatic heterocycles. The number of rotatable bonds is 27. The van der Waals surface area contributed by atoms with Gasteiger partial charge in [-0.25, -0.2) is 0 Å². The highest BCUT2D eigenvalue weighted by molar-refractivity contribution is 7.87. The van der Waals surface area contributed by atoms with Gasteiger partial charge >= 0.3 is 17.9 Å². The van der Waals surface area contributed by atoms with Crippen molar-refractivity contribution in [2.75, 3.05) is 33.0 Å². The Bertz CT molecular complexity index is 824. The Morgan fingerprint density at radius 2 is 1.00 bits per heavy atom. The topological polar surface area (TPSA) is 175 Å². The maximum atomic E-state index is 13.4. The molecule has 0 aromatic carbocycles. The van der Waals surface area contributed by atoms with Crippen molar-refractivity contribution in [3.63, 3.8) is 0 Å². The first-order valence-electron chi connectivity index (χ1n) is 15.0. The fourth-order valence-electron chi connectivity index (χ4n) is 5.45. The number of aliphatic carboxylic acids is 2. The Balaban J connectivity index is 7.02. The van der Waals surface area contributed by atoms with Gasteiger partial charge in [-0.3, -0.25) is 14.1 Å². The molecule has 2 atom stereocenters. The minimum absolute atomic E-state index is 0.0871. The standard InChI is InChI=1S/C28H54O12S/c1-7-13-14-15-16-17-18-19-20-21-22-26(25(31)32,23(24(29)30)41(33,34)35)27(36-8-2,37-9-3)28(38-10-4,39-11-5)40-12-6/h23H,7-22H2,1-6H3,(H,29,30)(H,31,32)(H,33,34,35). The van der Waals surface area contributed by atoms with Crippen LogP contribution < -0.4 is 0 Å². The van der Waals surface area contributed by atoms with Crippen molar-refractivity contribution in [1.82, 2.24) is 0 Å². The van der Waals surface area contributed by atoms with E-state index in [1.54, 1.807) is 20.8 Å². The van der Waals surface area contributed by atoms with Gasteiger partial charge in [-0.2, -0.15) is 8.42 Å². The van der Waals surface area contributed by atoms with Crippen LogP contribution in [0.25, 0.3) is 0 Å². The number of ether oxygens (including phenoxy) is 5. The molecule has 0 bridgehead atoms. The van der Waals surface area contributed by atoms with Crippen molar-refractivity contribution in [3.05, 3.63) is 0 Å². The van der Waals surface area contributed by atoms with Crippen LogP contribution in [0.2, 0.25) is 0 Å². The Hall–Kier alpha value is -1.35. The van der Waals surface area contributed by atoms with E-state index in [0.717, 1.165) is 38.5 Å². The second-order valence-corrected chi connectivity index (χ2v) is 11.3. The third-order valence-corrected chi connectivity index (χ3v) is 8.16. The molecule has 0 radical (unpaired) electrons. The molecule has 12 nitrogen and oxygen atoms in total. The van der Waals surface area contributed by atoms with E-state index in [1.165, 1.54) is 26.7 Å². The highest BCUT2D eigenvalue weighted by atomic mass is 32.2. The molecule has 2 unspecified atom stereocenters. The van der Waals surface area contributed by atoms with E-state index < -0.39 is 50.9 Å². The van der Waals surface area contributed by atoms with Crippen molar-refractivity contribution < 1.29 is 56.5 Å². The van der Waals surface area contributed by atoms with Crippen molar-refractivity contribution >= 4 is 22.1 Å². The van der Waals surface area contributed by atoms with Crippen LogP contribution in [-0.4, -0.2) is 85.2 Å². The van der Waals surface area contributed by atoms with Crippen molar-refractivity contribution in [2.24, 2.45) is 5.41 Å². The molecule has 0 aliphatic carbocycles. The van der Waals surface area contributed by atoms with Crippen molar-refractivity contribution in [3.8, 4) is 0 Å². The van der Waals surface area contributed by atoms with Gasteiger partial charge in [0.1, 0.15) is 0 Å². The predicted molar refractivity (Wildman–Crippen MR) is 153 cm³/mol. The number of unbranched alkanes of at least 4 members (excludes halogenated alkanes) is 9. The molecule has 0 spiro atoms. The molecule has 0 aromatic rings. The Labute approximate surface area is 246 Å². The molecule has 0 heterocycles. The summed E-state index contributed by atoms with van der Waals surface area (Å²) in [5.41, 5.74) is -2.97. The number of carboxylic acid groups (broad SMARTS) is 2. The molecule has 0 fully saturated rings. The molecule has 0 saturated carbocycles. The van der Waals surface area contributed by atoms with Gasteiger partial charge in [0.15, 0.2) is 5.41 Å². The number of hydrogen-bond acceptors (Lipinski definition) is 9. The molecule has 0 saturated heterocycles. The zero-order valence-electron chi connectivity index (χ0n) is 25.8. The Morgan fingerprint density at radius 3 is 1.29 bits per heavy atom. The average molecular weight is 615 g/mol. The first-order chi connectivity index (χ1) is 19.4. The summed E-state index contributed by atoms with van der Waals surface area (Å²) in [5, 5.41) is 18.1. The Kier molecular flexibility index (Phi) is 19.1. The summed E-state index contributed by atoms with van der Waals surface area (Å²) >= 11 is 0. The maximum absolute atomic E-state index is 13.4. The normalized spacial score (nSPS) is 15.0. The second-order valence-electron chi connectivity index (χ2n) is 9.78. The largest absolute Gasteiger partial charge is 0.481 e. The van der Waals surface area contributed by atoms with Gasteiger partial charge in [0.2, 0.25) is 5.25 Å². The fourth-order valence-corrected chi connectivity index (χ4v) is 6.58. The number of carboxylic acids is 2. The highest BCUT2D eigenvalue weighted by Crippen LogP contribution is 2.54. The van der Waals surface area contributed by atoms with Crippen LogP contribution in [0.15, 0.2) is 0 Å². The van der Waals surface area contributed by atoms with Crippen LogP contribution in [0.1, 0.15) is 112 Å². The van der Waals surface area contributed by atoms with E-state index >= 15 is 0 Å². The lowest BCUT2D eigenvalue weighted by Gasteiger charge is -2.55. The fraction of sp³-hybridized carbons (Fsp3) is 0.929. The summed E-state index contributed by atoms with van der Waals surface area (Å²) in [7, 11) is -5.56. The van der Waals surface area contributed by atoms with Gasteiger partial charge in [-0.15, -0.1) is 0 Å². The van der Waals surface area contributed by atoms with E-state index in [0.29, 0.717) is 6.42 Å². The summed E-state index contributed by atoms with van der Waals surface area (Å²) in [6.07, 6.45) is 8.37. The van der Waals surface area contributed by atoms with Crippen LogP contribution in [0.4, 0.5) is 0 Å². The summed E-state index contributed by atoms with van der Waals surface area (Å²) in [6.45, 7) is 8.95. The molecule has 3 N–H and O–H groups in total. The first kappa shape index (κ1) is 39.6. The lowest BCUT2D eigenvalue weighted by atomic mass is 9.69. The predicted octanol–water partition coefficient (Wildman–Crippen LogP) is 5.24. The van der Waals surface area contributed by atoms with E-state index in [-0.39, 0.29) is 39.5 Å². The van der Waals surface area contributed by atoms with Gasteiger partial charge in [0, 0.05) is 33.0 Å². The SMILES string of the molecule is CCCCCCCCCCCCC(C(=O)O)(C(C(=O)O)S(=O)(=O)O)C(OCC)(OCC)C(OCC)(OCC)OCC. The first-order valence-corrected chi connectivity index (χ1v) is 16.5. The monoisotopic (exact) mass is 614 g/mol. The molecule has 244 valence electrons. The van der Waals surface area contributed by atoms with Gasteiger partial charge < -0.3 is 33.9 Å². The summed E-state index contributed by atoms with van der Waals surface area (Å²) in [5.74, 6) is -9.27. The molecule has 41 heavy (non-hydrogen) atoms. The van der Waals surface area contributed by atoms with Crippen LogP contribution in [0, 0.1) is 5.41 Å². The van der Waals surface area contributed by atoms with E-state index in [4.69, 9.17) is 23.7 Å². The smallest absolute Gasteiger partial charge is 0.341 e. The minimum atomic E-state index is -5.56. The second kappa shape index (κ2) is 19.8. The highest BCUT2D eigenvalue weighted by Gasteiger charge is 2.78. The van der Waals surface area contributed by atoms with Gasteiger partial charge in [-0.05, 0) is 41.0 Å². The molecule has 13 heteroatoms. The lowest BCUT2D eigenvalue weighted by Crippen LogP contribution is -2.76. The van der Waals surface area contributed by atoms with Crippen LogP contribution in [0.5, 0.6) is 0 Å². The third kappa shape index (κ3) is 10.1. The summed E-state index contributed by atoms with van der Waals surface area (Å²) < 4.78 is 65.2. The number of carbonyl (C=O) groups is 2. The quantitative estimate of drug-likeness (QED) is 0.0624. The van der Waals surface area contributed by atoms with E-state index in [1.807, 2.05) is 0 Å². The van der Waals surface area contributed by atoms with Crippen LogP contribution in [-0.2, 0) is 43.4 Å². The van der Waals surface area contributed by atoms with E-state index in [9.17, 15) is 32.8 Å². The zero-order chi connectivity index (χ0) is 31.6.